The van der Waals surface area contributed by atoms with Crippen LogP contribution >= 0.6 is 0 Å². The summed E-state index contributed by atoms with van der Waals surface area (Å²) in [5, 5.41) is 7.56. The maximum absolute atomic E-state index is 4.36. The Balaban J connectivity index is 1.68. The molecule has 0 unspecified atom stereocenters. The predicted octanol–water partition coefficient (Wildman–Crippen LogP) is 2.69. The van der Waals surface area contributed by atoms with Crippen LogP contribution in [0.25, 0.3) is 5.52 Å². The number of nitrogens with one attached hydrogen (secondary N) is 1. The molecule has 2 aromatic heterocycles. The van der Waals surface area contributed by atoms with Crippen LogP contribution in [0.15, 0.2) is 48.9 Å². The third-order valence-corrected chi connectivity index (χ3v) is 3.11. The highest BCUT2D eigenvalue weighted by molar-refractivity contribution is 5.66. The second-order valence-corrected chi connectivity index (χ2v) is 4.60. The van der Waals surface area contributed by atoms with E-state index in [4.69, 9.17) is 0 Å². The van der Waals surface area contributed by atoms with Gasteiger partial charge in [-0.2, -0.15) is 5.10 Å². The zero-order valence-electron chi connectivity index (χ0n) is 10.9. The number of aromatic nitrogens is 3. The van der Waals surface area contributed by atoms with Crippen LogP contribution in [0.5, 0.6) is 0 Å². The molecule has 1 N–H and O–H groups in total. The Kier molecular flexibility index (Phi) is 3.14. The normalized spacial score (nSPS) is 10.8. The standard InChI is InChI=1S/C15H16N4/c1-12-3-2-4-13(11-12)5-7-16-15-14-6-8-18-19(14)10-9-17-15/h2-4,6,8-11H,5,7H2,1H3,(H,16,17). The van der Waals surface area contributed by atoms with Gasteiger partial charge < -0.3 is 5.32 Å². The lowest BCUT2D eigenvalue weighted by Crippen LogP contribution is -2.07. The van der Waals surface area contributed by atoms with E-state index in [0.29, 0.717) is 0 Å². The second-order valence-electron chi connectivity index (χ2n) is 4.60. The molecular weight excluding hydrogens is 236 g/mol. The molecule has 4 nitrogen and oxygen atoms in total. The number of nitrogens with zero attached hydrogens (tertiary/aromatic N) is 3. The summed E-state index contributed by atoms with van der Waals surface area (Å²) in [5.74, 6) is 0.882. The maximum atomic E-state index is 4.36. The van der Waals surface area contributed by atoms with E-state index >= 15 is 0 Å². The Labute approximate surface area is 112 Å². The highest BCUT2D eigenvalue weighted by atomic mass is 15.2. The van der Waals surface area contributed by atoms with E-state index in [1.807, 2.05) is 16.8 Å². The number of aryl methyl sites for hydroxylation is 1. The van der Waals surface area contributed by atoms with Crippen LogP contribution in [0.4, 0.5) is 5.82 Å². The molecule has 0 spiro atoms. The Bertz CT molecular complexity index is 687. The molecule has 0 atom stereocenters. The number of fused-ring (bicyclic) bond motifs is 1. The number of rotatable bonds is 4. The molecule has 0 saturated carbocycles. The molecule has 19 heavy (non-hydrogen) atoms. The fourth-order valence-electron chi connectivity index (χ4n) is 2.19. The highest BCUT2D eigenvalue weighted by Gasteiger charge is 2.02. The van der Waals surface area contributed by atoms with Gasteiger partial charge in [0.2, 0.25) is 0 Å². The average molecular weight is 252 g/mol. The van der Waals surface area contributed by atoms with E-state index in [9.17, 15) is 0 Å². The third-order valence-electron chi connectivity index (χ3n) is 3.11. The van der Waals surface area contributed by atoms with Crippen molar-refractivity contribution in [2.45, 2.75) is 13.3 Å². The van der Waals surface area contributed by atoms with Crippen LogP contribution in [0.2, 0.25) is 0 Å². The fourth-order valence-corrected chi connectivity index (χ4v) is 2.19. The molecule has 0 saturated heterocycles. The van der Waals surface area contributed by atoms with Crippen molar-refractivity contribution in [1.29, 1.82) is 0 Å². The van der Waals surface area contributed by atoms with E-state index in [1.165, 1.54) is 11.1 Å². The van der Waals surface area contributed by atoms with Gasteiger partial charge in [0.1, 0.15) is 5.52 Å². The molecule has 0 fully saturated rings. The van der Waals surface area contributed by atoms with E-state index < -0.39 is 0 Å². The molecule has 0 amide bonds. The smallest absolute Gasteiger partial charge is 0.152 e. The van der Waals surface area contributed by atoms with Gasteiger partial charge in [-0.15, -0.1) is 0 Å². The minimum atomic E-state index is 0.862. The number of benzene rings is 1. The lowest BCUT2D eigenvalue weighted by Gasteiger charge is -2.07. The van der Waals surface area contributed by atoms with Crippen molar-refractivity contribution in [3.63, 3.8) is 0 Å². The van der Waals surface area contributed by atoms with E-state index in [-0.39, 0.29) is 0 Å². The van der Waals surface area contributed by atoms with Crippen molar-refractivity contribution in [3.05, 3.63) is 60.0 Å². The monoisotopic (exact) mass is 252 g/mol. The van der Waals surface area contributed by atoms with Gasteiger partial charge in [0.05, 0.1) is 6.20 Å². The fraction of sp³-hybridized carbons (Fsp3) is 0.200. The summed E-state index contributed by atoms with van der Waals surface area (Å²) in [5.41, 5.74) is 3.65. The molecule has 1 aromatic carbocycles. The Morgan fingerprint density at radius 3 is 3.05 bits per heavy atom. The maximum Gasteiger partial charge on any atom is 0.152 e. The topological polar surface area (TPSA) is 42.2 Å². The largest absolute Gasteiger partial charge is 0.368 e. The molecule has 4 heteroatoms. The van der Waals surface area contributed by atoms with Gasteiger partial charge in [0.15, 0.2) is 5.82 Å². The zero-order valence-corrected chi connectivity index (χ0v) is 10.9. The molecular formula is C15H16N4. The third kappa shape index (κ3) is 2.57. The van der Waals surface area contributed by atoms with E-state index in [1.54, 1.807) is 12.4 Å². The van der Waals surface area contributed by atoms with Gasteiger partial charge in [-0.05, 0) is 25.0 Å². The summed E-state index contributed by atoms with van der Waals surface area (Å²) in [6.45, 7) is 2.98. The molecule has 0 aliphatic rings. The van der Waals surface area contributed by atoms with Gasteiger partial charge in [-0.1, -0.05) is 29.8 Å². The number of hydrogen-bond acceptors (Lipinski definition) is 3. The van der Waals surface area contributed by atoms with Gasteiger partial charge in [0, 0.05) is 18.9 Å². The summed E-state index contributed by atoms with van der Waals surface area (Å²) in [4.78, 5) is 4.36. The Morgan fingerprint density at radius 1 is 1.21 bits per heavy atom. The first-order valence-corrected chi connectivity index (χ1v) is 6.41. The van der Waals surface area contributed by atoms with Gasteiger partial charge in [-0.3, -0.25) is 0 Å². The van der Waals surface area contributed by atoms with Crippen LogP contribution in [0, 0.1) is 6.92 Å². The van der Waals surface area contributed by atoms with Gasteiger partial charge >= 0.3 is 0 Å². The minimum absolute atomic E-state index is 0.862. The summed E-state index contributed by atoms with van der Waals surface area (Å²) < 4.78 is 1.82. The van der Waals surface area contributed by atoms with Crippen LogP contribution in [-0.2, 0) is 6.42 Å². The van der Waals surface area contributed by atoms with Crippen molar-refractivity contribution in [2.75, 3.05) is 11.9 Å². The van der Waals surface area contributed by atoms with Crippen molar-refractivity contribution in [1.82, 2.24) is 14.6 Å². The molecule has 3 aromatic rings. The van der Waals surface area contributed by atoms with Crippen molar-refractivity contribution in [3.8, 4) is 0 Å². The van der Waals surface area contributed by atoms with Gasteiger partial charge in [0.25, 0.3) is 0 Å². The summed E-state index contributed by atoms with van der Waals surface area (Å²) in [6.07, 6.45) is 6.37. The van der Waals surface area contributed by atoms with Crippen LogP contribution in [0.3, 0.4) is 0 Å². The van der Waals surface area contributed by atoms with Crippen LogP contribution in [-0.4, -0.2) is 21.1 Å². The Hall–Kier alpha value is -2.36. The lowest BCUT2D eigenvalue weighted by atomic mass is 10.1. The van der Waals surface area contributed by atoms with Crippen molar-refractivity contribution >= 4 is 11.3 Å². The van der Waals surface area contributed by atoms with Crippen LogP contribution in [0.1, 0.15) is 11.1 Å². The molecule has 0 aliphatic heterocycles. The zero-order chi connectivity index (χ0) is 13.1. The highest BCUT2D eigenvalue weighted by Crippen LogP contribution is 2.12. The molecule has 2 heterocycles. The van der Waals surface area contributed by atoms with Gasteiger partial charge in [-0.25, -0.2) is 9.50 Å². The molecule has 0 aliphatic carbocycles. The lowest BCUT2D eigenvalue weighted by molar-refractivity contribution is 0.937. The average Bonchev–Trinajstić information content (AvgIpc) is 2.88. The molecule has 96 valence electrons. The molecule has 0 bridgehead atoms. The van der Waals surface area contributed by atoms with Crippen molar-refractivity contribution < 1.29 is 0 Å². The second kappa shape index (κ2) is 5.10. The molecule has 0 radical (unpaired) electrons. The van der Waals surface area contributed by atoms with E-state index in [2.05, 4.69) is 46.6 Å². The van der Waals surface area contributed by atoms with Crippen molar-refractivity contribution in [2.24, 2.45) is 0 Å². The van der Waals surface area contributed by atoms with E-state index in [0.717, 1.165) is 24.3 Å². The SMILES string of the molecule is Cc1cccc(CCNc2nccn3nccc23)c1. The first kappa shape index (κ1) is 11.7. The Morgan fingerprint density at radius 2 is 2.16 bits per heavy atom. The number of hydrogen-bond donors (Lipinski definition) is 1. The summed E-state index contributed by atoms with van der Waals surface area (Å²) >= 11 is 0. The number of anilines is 1. The summed E-state index contributed by atoms with van der Waals surface area (Å²) in [6, 6.07) is 10.5. The first-order valence-electron chi connectivity index (χ1n) is 6.41. The minimum Gasteiger partial charge on any atom is -0.368 e. The molecule has 3 rings (SSSR count). The predicted molar refractivity (Wildman–Crippen MR) is 76.4 cm³/mol. The summed E-state index contributed by atoms with van der Waals surface area (Å²) in [7, 11) is 0. The quantitative estimate of drug-likeness (QED) is 0.776. The van der Waals surface area contributed by atoms with Crippen LogP contribution < -0.4 is 5.32 Å². The first-order chi connectivity index (χ1) is 9.33.